The van der Waals surface area contributed by atoms with Crippen molar-refractivity contribution in [3.8, 4) is 5.75 Å². The van der Waals surface area contributed by atoms with Crippen molar-refractivity contribution in [2.45, 2.75) is 0 Å². The summed E-state index contributed by atoms with van der Waals surface area (Å²) in [6.07, 6.45) is 3.64. The molecule has 0 aliphatic rings. The molecule has 0 amide bonds. The van der Waals surface area contributed by atoms with Crippen LogP contribution in [-0.4, -0.2) is 25.3 Å². The maximum atomic E-state index is 12.1. The summed E-state index contributed by atoms with van der Waals surface area (Å²) in [5, 5.41) is 14.1. The van der Waals surface area contributed by atoms with Crippen LogP contribution in [0.15, 0.2) is 42.5 Å². The number of hydrogen-bond acceptors (Lipinski definition) is 4. The first-order valence-corrected chi connectivity index (χ1v) is 7.07. The molecule has 2 aromatic carbocycles. The topological polar surface area (TPSA) is 64.4 Å². The number of rotatable bonds is 7. The third-order valence-corrected chi connectivity index (χ3v) is 3.18. The monoisotopic (exact) mass is 316 g/mol. The lowest BCUT2D eigenvalue weighted by atomic mass is 10.1. The quantitative estimate of drug-likeness (QED) is 0.473. The van der Waals surface area contributed by atoms with E-state index in [-0.39, 0.29) is 18.0 Å². The number of halogens is 1. The van der Waals surface area contributed by atoms with Crippen LogP contribution in [0.1, 0.15) is 11.1 Å². The van der Waals surface area contributed by atoms with Gasteiger partial charge in [0.15, 0.2) is 5.75 Å². The fraction of sp³-hybridized carbons (Fsp3) is 0.176. The lowest BCUT2D eigenvalue weighted by molar-refractivity contribution is -0.385. The van der Waals surface area contributed by atoms with Gasteiger partial charge in [-0.15, -0.1) is 0 Å². The number of nitro benzene ring substituents is 1. The molecule has 0 aliphatic heterocycles. The van der Waals surface area contributed by atoms with Crippen molar-refractivity contribution in [1.29, 1.82) is 0 Å². The molecular formula is C17H17FN2O3. The molecule has 23 heavy (non-hydrogen) atoms. The summed E-state index contributed by atoms with van der Waals surface area (Å²) in [7, 11) is 1.84. The summed E-state index contributed by atoms with van der Waals surface area (Å²) >= 11 is 0. The van der Waals surface area contributed by atoms with Gasteiger partial charge in [0.25, 0.3) is 0 Å². The smallest absolute Gasteiger partial charge is 0.311 e. The SMILES string of the molecule is CNc1ccc(C=Cc2ccc(OCCF)c([N+](=O)[O-])c2)cc1. The molecule has 2 rings (SSSR count). The van der Waals surface area contributed by atoms with Gasteiger partial charge in [0.1, 0.15) is 13.3 Å². The Bertz CT molecular complexity index is 699. The lowest BCUT2D eigenvalue weighted by Gasteiger charge is -2.05. The second-order valence-corrected chi connectivity index (χ2v) is 4.73. The molecule has 6 heteroatoms. The summed E-state index contributed by atoms with van der Waals surface area (Å²) in [6.45, 7) is -0.894. The largest absolute Gasteiger partial charge is 0.484 e. The van der Waals surface area contributed by atoms with Crippen LogP contribution in [0.3, 0.4) is 0 Å². The van der Waals surface area contributed by atoms with Gasteiger partial charge in [0.2, 0.25) is 0 Å². The first kappa shape index (κ1) is 16.5. The Morgan fingerprint density at radius 3 is 2.43 bits per heavy atom. The molecule has 0 saturated heterocycles. The second kappa shape index (κ2) is 7.93. The predicted molar refractivity (Wildman–Crippen MR) is 89.5 cm³/mol. The van der Waals surface area contributed by atoms with Gasteiger partial charge in [-0.1, -0.05) is 30.4 Å². The highest BCUT2D eigenvalue weighted by atomic mass is 19.1. The van der Waals surface area contributed by atoms with Crippen LogP contribution in [0.25, 0.3) is 12.2 Å². The second-order valence-electron chi connectivity index (χ2n) is 4.73. The number of hydrogen-bond donors (Lipinski definition) is 1. The fourth-order valence-corrected chi connectivity index (χ4v) is 2.00. The van der Waals surface area contributed by atoms with Gasteiger partial charge in [-0.2, -0.15) is 0 Å². The summed E-state index contributed by atoms with van der Waals surface area (Å²) in [4.78, 5) is 10.5. The number of ether oxygens (including phenoxy) is 1. The van der Waals surface area contributed by atoms with Crippen LogP contribution in [0.5, 0.6) is 5.75 Å². The van der Waals surface area contributed by atoms with Crippen molar-refractivity contribution < 1.29 is 14.1 Å². The minimum atomic E-state index is -0.693. The van der Waals surface area contributed by atoms with E-state index in [1.54, 1.807) is 12.1 Å². The van der Waals surface area contributed by atoms with Crippen molar-refractivity contribution in [1.82, 2.24) is 0 Å². The number of nitro groups is 1. The molecule has 0 aromatic heterocycles. The van der Waals surface area contributed by atoms with Gasteiger partial charge in [-0.25, -0.2) is 4.39 Å². The number of anilines is 1. The molecule has 0 heterocycles. The molecule has 0 saturated carbocycles. The first-order chi connectivity index (χ1) is 11.1. The highest BCUT2D eigenvalue weighted by Gasteiger charge is 2.15. The molecule has 120 valence electrons. The van der Waals surface area contributed by atoms with Crippen molar-refractivity contribution in [2.75, 3.05) is 25.6 Å². The van der Waals surface area contributed by atoms with Gasteiger partial charge >= 0.3 is 5.69 Å². The third kappa shape index (κ3) is 4.54. The van der Waals surface area contributed by atoms with E-state index in [2.05, 4.69) is 5.32 Å². The van der Waals surface area contributed by atoms with E-state index in [1.807, 2.05) is 37.4 Å². The molecule has 0 unspecified atom stereocenters. The Hall–Kier alpha value is -2.89. The van der Waals surface area contributed by atoms with E-state index in [0.29, 0.717) is 5.56 Å². The Kier molecular flexibility index (Phi) is 5.68. The Labute approximate surface area is 133 Å². The molecule has 0 radical (unpaired) electrons. The zero-order chi connectivity index (χ0) is 16.7. The molecule has 0 aliphatic carbocycles. The third-order valence-electron chi connectivity index (χ3n) is 3.18. The van der Waals surface area contributed by atoms with E-state index in [1.165, 1.54) is 12.1 Å². The number of nitrogens with one attached hydrogen (secondary N) is 1. The highest BCUT2D eigenvalue weighted by Crippen LogP contribution is 2.28. The molecule has 2 aromatic rings. The average Bonchev–Trinajstić information content (AvgIpc) is 2.58. The van der Waals surface area contributed by atoms with Crippen LogP contribution in [0, 0.1) is 10.1 Å². The predicted octanol–water partition coefficient (Wildman–Crippen LogP) is 4.16. The van der Waals surface area contributed by atoms with E-state index >= 15 is 0 Å². The van der Waals surface area contributed by atoms with E-state index < -0.39 is 11.6 Å². The van der Waals surface area contributed by atoms with Gasteiger partial charge in [0.05, 0.1) is 4.92 Å². The highest BCUT2D eigenvalue weighted by molar-refractivity contribution is 5.72. The minimum absolute atomic E-state index is 0.0724. The van der Waals surface area contributed by atoms with Crippen LogP contribution in [-0.2, 0) is 0 Å². The van der Waals surface area contributed by atoms with Crippen LogP contribution in [0.2, 0.25) is 0 Å². The Morgan fingerprint density at radius 1 is 1.17 bits per heavy atom. The van der Waals surface area contributed by atoms with Gasteiger partial charge in [-0.3, -0.25) is 10.1 Å². The fourth-order valence-electron chi connectivity index (χ4n) is 2.00. The average molecular weight is 316 g/mol. The lowest BCUT2D eigenvalue weighted by Crippen LogP contribution is -2.01. The Balaban J connectivity index is 2.20. The zero-order valence-electron chi connectivity index (χ0n) is 12.7. The molecule has 5 nitrogen and oxygen atoms in total. The molecule has 0 fully saturated rings. The van der Waals surface area contributed by atoms with Crippen LogP contribution < -0.4 is 10.1 Å². The van der Waals surface area contributed by atoms with Crippen molar-refractivity contribution in [3.63, 3.8) is 0 Å². The van der Waals surface area contributed by atoms with E-state index in [4.69, 9.17) is 4.74 Å². The summed E-state index contributed by atoms with van der Waals surface area (Å²) < 4.78 is 17.2. The van der Waals surface area contributed by atoms with Crippen LogP contribution >= 0.6 is 0 Å². The number of alkyl halides is 1. The maximum Gasteiger partial charge on any atom is 0.311 e. The number of benzene rings is 2. The van der Waals surface area contributed by atoms with Crippen molar-refractivity contribution >= 4 is 23.5 Å². The maximum absolute atomic E-state index is 12.1. The summed E-state index contributed by atoms with van der Waals surface area (Å²) in [6, 6.07) is 12.3. The van der Waals surface area contributed by atoms with Crippen molar-refractivity contribution in [2.24, 2.45) is 0 Å². The normalized spacial score (nSPS) is 10.7. The summed E-state index contributed by atoms with van der Waals surface area (Å²) in [5.41, 5.74) is 2.48. The Morgan fingerprint density at radius 2 is 1.83 bits per heavy atom. The molecular weight excluding hydrogens is 299 g/mol. The van der Waals surface area contributed by atoms with Gasteiger partial charge in [0, 0.05) is 18.8 Å². The van der Waals surface area contributed by atoms with Crippen molar-refractivity contribution in [3.05, 3.63) is 63.7 Å². The molecule has 0 spiro atoms. The molecule has 0 bridgehead atoms. The van der Waals surface area contributed by atoms with Gasteiger partial charge in [-0.05, 0) is 29.3 Å². The zero-order valence-corrected chi connectivity index (χ0v) is 12.7. The van der Waals surface area contributed by atoms with E-state index in [9.17, 15) is 14.5 Å². The molecule has 0 atom stereocenters. The summed E-state index contributed by atoms with van der Waals surface area (Å²) in [5.74, 6) is 0.0724. The number of nitrogens with zero attached hydrogens (tertiary/aromatic N) is 1. The standard InChI is InChI=1S/C17H17FN2O3/c1-19-15-7-4-13(5-8-15)2-3-14-6-9-17(23-11-10-18)16(12-14)20(21)22/h2-9,12,19H,10-11H2,1H3. The first-order valence-electron chi connectivity index (χ1n) is 7.07. The van der Waals surface area contributed by atoms with Gasteiger partial charge < -0.3 is 10.1 Å². The molecule has 1 N–H and O–H groups in total. The van der Waals surface area contributed by atoms with E-state index in [0.717, 1.165) is 11.3 Å². The minimum Gasteiger partial charge on any atom is -0.484 e. The van der Waals surface area contributed by atoms with Crippen LogP contribution in [0.4, 0.5) is 15.8 Å².